The van der Waals surface area contributed by atoms with E-state index in [0.717, 1.165) is 18.4 Å². The third-order valence-electron chi connectivity index (χ3n) is 3.16. The van der Waals surface area contributed by atoms with Gasteiger partial charge in [-0.1, -0.05) is 25.5 Å². The third kappa shape index (κ3) is 10.7. The number of carbonyl (C=O) groups is 2. The second-order valence-corrected chi connectivity index (χ2v) is 8.50. The van der Waals surface area contributed by atoms with Gasteiger partial charge in [0, 0.05) is 6.54 Å². The molecule has 1 rings (SSSR count). The number of amides is 1. The summed E-state index contributed by atoms with van der Waals surface area (Å²) in [6.07, 6.45) is 0.705. The van der Waals surface area contributed by atoms with E-state index in [2.05, 4.69) is 10.0 Å². The monoisotopic (exact) mass is 415 g/mol. The van der Waals surface area contributed by atoms with Gasteiger partial charge in [-0.2, -0.15) is 8.42 Å². The summed E-state index contributed by atoms with van der Waals surface area (Å²) in [5.41, 5.74) is 0.197. The van der Waals surface area contributed by atoms with Crippen molar-refractivity contribution in [1.29, 1.82) is 0 Å². The van der Waals surface area contributed by atoms with Crippen molar-refractivity contribution in [3.05, 3.63) is 29.8 Å². The highest BCUT2D eigenvalue weighted by Crippen LogP contribution is 2.12. The van der Waals surface area contributed by atoms with E-state index in [1.165, 1.54) is 6.07 Å². The lowest BCUT2D eigenvalue weighted by molar-refractivity contribution is -0.142. The number of esters is 1. The number of rotatable bonds is 10. The summed E-state index contributed by atoms with van der Waals surface area (Å²) in [5, 5.41) is 2.93. The predicted molar refractivity (Wildman–Crippen MR) is 106 cm³/mol. The maximum atomic E-state index is 12.0. The molecule has 0 unspecified atom stereocenters. The molecule has 1 amide bonds. The molecule has 0 spiro atoms. The lowest BCUT2D eigenvalue weighted by atomic mass is 10.2. The average molecular weight is 416 g/mol. The fourth-order valence-corrected chi connectivity index (χ4v) is 2.77. The van der Waals surface area contributed by atoms with E-state index < -0.39 is 21.9 Å². The zero-order valence-corrected chi connectivity index (χ0v) is 17.5. The molecule has 3 N–H and O–H groups in total. The number of hydrogen-bond donors (Lipinski definition) is 3. The molecule has 9 nitrogen and oxygen atoms in total. The molecule has 1 aromatic rings. The van der Waals surface area contributed by atoms with E-state index >= 15 is 0 Å². The van der Waals surface area contributed by atoms with E-state index in [4.69, 9.17) is 9.47 Å². The van der Waals surface area contributed by atoms with Crippen molar-refractivity contribution in [3.63, 3.8) is 0 Å². The molecule has 0 bridgehead atoms. The van der Waals surface area contributed by atoms with Crippen LogP contribution in [0.1, 0.15) is 46.1 Å². The van der Waals surface area contributed by atoms with E-state index in [1.807, 2.05) is 6.92 Å². The van der Waals surface area contributed by atoms with Gasteiger partial charge in [0.15, 0.2) is 0 Å². The largest absolute Gasteiger partial charge is 0.465 e. The molecule has 0 heterocycles. The molecule has 0 radical (unpaired) electrons. The number of hydrogen-bond acceptors (Lipinski definition) is 7. The van der Waals surface area contributed by atoms with Gasteiger partial charge < -0.3 is 14.8 Å². The topological polar surface area (TPSA) is 123 Å². The number of nitrogens with one attached hydrogen (secondary N) is 3. The van der Waals surface area contributed by atoms with Crippen LogP contribution < -0.4 is 14.8 Å². The van der Waals surface area contributed by atoms with Crippen LogP contribution in [0.3, 0.4) is 0 Å². The summed E-state index contributed by atoms with van der Waals surface area (Å²) in [6.45, 7) is 7.70. The first-order valence-corrected chi connectivity index (χ1v) is 10.5. The smallest absolute Gasteiger partial charge is 0.422 e. The summed E-state index contributed by atoms with van der Waals surface area (Å²) in [5.74, 6) is -0.341. The van der Waals surface area contributed by atoms with Gasteiger partial charge in [-0.25, -0.2) is 9.52 Å². The zero-order valence-electron chi connectivity index (χ0n) is 16.7. The van der Waals surface area contributed by atoms with Crippen LogP contribution >= 0.6 is 0 Å². The minimum absolute atomic E-state index is 0.0554. The van der Waals surface area contributed by atoms with Crippen molar-refractivity contribution in [2.45, 2.75) is 52.7 Å². The molecule has 0 saturated carbocycles. The second-order valence-electron chi connectivity index (χ2n) is 7.09. The molecule has 158 valence electrons. The van der Waals surface area contributed by atoms with E-state index in [0.29, 0.717) is 13.2 Å². The van der Waals surface area contributed by atoms with Crippen LogP contribution in [0.5, 0.6) is 0 Å². The Bertz CT molecular complexity index is 759. The number of anilines is 1. The van der Waals surface area contributed by atoms with Gasteiger partial charge in [0.05, 0.1) is 18.8 Å². The normalized spacial score (nSPS) is 11.6. The molecule has 28 heavy (non-hydrogen) atoms. The molecule has 10 heteroatoms. The predicted octanol–water partition coefficient (Wildman–Crippen LogP) is 2.30. The summed E-state index contributed by atoms with van der Waals surface area (Å²) >= 11 is 0. The lowest BCUT2D eigenvalue weighted by Crippen LogP contribution is -2.39. The van der Waals surface area contributed by atoms with Gasteiger partial charge in [-0.05, 0) is 44.9 Å². The molecule has 0 aliphatic heterocycles. The highest BCUT2D eigenvalue weighted by atomic mass is 32.2. The Hall–Kier alpha value is -2.33. The van der Waals surface area contributed by atoms with Gasteiger partial charge >= 0.3 is 22.3 Å². The van der Waals surface area contributed by atoms with Crippen LogP contribution in [0.4, 0.5) is 10.5 Å². The van der Waals surface area contributed by atoms with Gasteiger partial charge in [-0.15, -0.1) is 0 Å². The first-order valence-electron chi connectivity index (χ1n) is 8.99. The molecular weight excluding hydrogens is 386 g/mol. The number of ether oxygens (including phenoxy) is 2. The van der Waals surface area contributed by atoms with Crippen LogP contribution in [0.2, 0.25) is 0 Å². The van der Waals surface area contributed by atoms with Gasteiger partial charge in [0.1, 0.15) is 5.60 Å². The Balaban J connectivity index is 2.53. The van der Waals surface area contributed by atoms with Crippen LogP contribution in [0.25, 0.3) is 0 Å². The minimum atomic E-state index is -4.14. The Labute approximate surface area is 166 Å². The van der Waals surface area contributed by atoms with Gasteiger partial charge in [0.25, 0.3) is 0 Å². The van der Waals surface area contributed by atoms with Gasteiger partial charge in [-0.3, -0.25) is 9.52 Å². The van der Waals surface area contributed by atoms with E-state index in [9.17, 15) is 18.0 Å². The van der Waals surface area contributed by atoms with E-state index in [-0.39, 0.29) is 18.2 Å². The summed E-state index contributed by atoms with van der Waals surface area (Å²) in [4.78, 5) is 23.2. The maximum Gasteiger partial charge on any atom is 0.422 e. The Morgan fingerprint density at radius 1 is 1.18 bits per heavy atom. The van der Waals surface area contributed by atoms with Crippen molar-refractivity contribution in [1.82, 2.24) is 10.0 Å². The highest BCUT2D eigenvalue weighted by Gasteiger charge is 2.21. The van der Waals surface area contributed by atoms with Gasteiger partial charge in [0.2, 0.25) is 0 Å². The quantitative estimate of drug-likeness (QED) is 0.396. The van der Waals surface area contributed by atoms with Crippen LogP contribution in [-0.2, 0) is 31.0 Å². The highest BCUT2D eigenvalue weighted by molar-refractivity contribution is 7.91. The minimum Gasteiger partial charge on any atom is -0.465 e. The Morgan fingerprint density at radius 3 is 2.54 bits per heavy atom. The maximum absolute atomic E-state index is 12.0. The third-order valence-corrected chi connectivity index (χ3v) is 4.10. The van der Waals surface area contributed by atoms with Crippen LogP contribution in [0.15, 0.2) is 24.3 Å². The summed E-state index contributed by atoms with van der Waals surface area (Å²) < 4.78 is 38.1. The van der Waals surface area contributed by atoms with Crippen LogP contribution in [-0.4, -0.2) is 39.2 Å². The first-order chi connectivity index (χ1) is 13.0. The first kappa shape index (κ1) is 23.7. The molecule has 1 aromatic carbocycles. The average Bonchev–Trinajstić information content (AvgIpc) is 2.52. The molecule has 0 aromatic heterocycles. The Kier molecular flexibility index (Phi) is 9.20. The summed E-state index contributed by atoms with van der Waals surface area (Å²) in [7, 11) is -4.14. The number of unbranched alkanes of at least 4 members (excludes halogenated alkanes) is 1. The Morgan fingerprint density at radius 2 is 1.89 bits per heavy atom. The fraction of sp³-hybridized carbons (Fsp3) is 0.556. The van der Waals surface area contributed by atoms with Crippen molar-refractivity contribution in [3.8, 4) is 0 Å². The molecule has 0 saturated heterocycles. The lowest BCUT2D eigenvalue weighted by Gasteiger charge is -2.19. The molecule has 0 atom stereocenters. The summed E-state index contributed by atoms with van der Waals surface area (Å²) in [6, 6.07) is 6.55. The SMILES string of the molecule is CCCCOC(=O)CNCc1cccc(NS(=O)(=O)NC(=O)OC(C)(C)C)c1. The fourth-order valence-electron chi connectivity index (χ4n) is 2.02. The van der Waals surface area contributed by atoms with E-state index in [1.54, 1.807) is 43.7 Å². The second kappa shape index (κ2) is 10.9. The molecule has 0 aliphatic rings. The standard InChI is InChI=1S/C18H29N3O6S/c1-5-6-10-26-16(22)13-19-12-14-8-7-9-15(11-14)20-28(24,25)21-17(23)27-18(2,3)4/h7-9,11,19-20H,5-6,10,12-13H2,1-4H3,(H,21,23). The number of carbonyl (C=O) groups excluding carboxylic acids is 2. The van der Waals surface area contributed by atoms with Crippen molar-refractivity contribution in [2.24, 2.45) is 0 Å². The molecule has 0 aliphatic carbocycles. The van der Waals surface area contributed by atoms with Crippen LogP contribution in [0, 0.1) is 0 Å². The molecular formula is C18H29N3O6S. The van der Waals surface area contributed by atoms with Crippen molar-refractivity contribution in [2.75, 3.05) is 17.9 Å². The van der Waals surface area contributed by atoms with Crippen molar-refractivity contribution >= 4 is 28.0 Å². The number of benzene rings is 1. The van der Waals surface area contributed by atoms with Crippen molar-refractivity contribution < 1.29 is 27.5 Å². The zero-order chi connectivity index (χ0) is 21.2. The molecule has 0 fully saturated rings.